The van der Waals surface area contributed by atoms with Crippen LogP contribution in [0.2, 0.25) is 0 Å². The molecule has 7 heteroatoms. The van der Waals surface area contributed by atoms with E-state index in [2.05, 4.69) is 13.8 Å². The van der Waals surface area contributed by atoms with Gasteiger partial charge in [-0.25, -0.2) is 0 Å². The molecule has 0 saturated carbocycles. The third-order valence-electron chi connectivity index (χ3n) is 3.04. The van der Waals surface area contributed by atoms with Gasteiger partial charge in [-0.1, -0.05) is 26.7 Å². The molecule has 0 amide bonds. The number of carboxylic acid groups (broad SMARTS) is 1. The zero-order chi connectivity index (χ0) is 15.8. The molecule has 0 radical (unpaired) electrons. The first-order chi connectivity index (χ1) is 10.0. The van der Waals surface area contributed by atoms with Gasteiger partial charge in [0.15, 0.2) is 0 Å². The number of benzene rings is 1. The number of thioether (sulfide) groups is 2. The van der Waals surface area contributed by atoms with Gasteiger partial charge < -0.3 is 21.4 Å². The van der Waals surface area contributed by atoms with E-state index in [0.29, 0.717) is 5.69 Å². The van der Waals surface area contributed by atoms with Crippen LogP contribution in [0.3, 0.4) is 0 Å². The Morgan fingerprint density at radius 1 is 1.09 bits per heavy atom. The topological polar surface area (TPSA) is 92.2 Å². The number of rotatable bonds is 9. The van der Waals surface area contributed by atoms with Crippen molar-refractivity contribution in [2.75, 3.05) is 23.0 Å². The van der Waals surface area contributed by atoms with Crippen molar-refractivity contribution < 1.29 is 39.5 Å². The fourth-order valence-corrected chi connectivity index (χ4v) is 4.30. The van der Waals surface area contributed by atoms with Gasteiger partial charge in [-0.3, -0.25) is 0 Å². The van der Waals surface area contributed by atoms with Crippen LogP contribution in [0.1, 0.15) is 49.9 Å². The van der Waals surface area contributed by atoms with E-state index in [9.17, 15) is 9.90 Å². The first-order valence-corrected chi connectivity index (χ1v) is 9.18. The molecule has 1 aromatic carbocycles. The van der Waals surface area contributed by atoms with Crippen LogP contribution in [0.5, 0.6) is 0 Å². The van der Waals surface area contributed by atoms with Crippen molar-refractivity contribution in [3.05, 3.63) is 11.6 Å². The Hall–Kier alpha value is -0.0100. The molecule has 0 saturated heterocycles. The standard InChI is InChI=1S/C15H24N2O2S2.Na/c1-3-5-7-20-11-9-10(15(18)19)12(16)13(17)14(11)21-8-6-4-2;/h9H,3-8,16-17H2,1-2H3,(H,18,19);/q;+1/p-1. The van der Waals surface area contributed by atoms with Crippen molar-refractivity contribution in [1.82, 2.24) is 0 Å². The van der Waals surface area contributed by atoms with Gasteiger partial charge in [0, 0.05) is 15.4 Å². The van der Waals surface area contributed by atoms with E-state index in [1.54, 1.807) is 29.6 Å². The molecule has 0 unspecified atom stereocenters. The van der Waals surface area contributed by atoms with Crippen LogP contribution in [-0.4, -0.2) is 17.5 Å². The average molecular weight is 350 g/mol. The van der Waals surface area contributed by atoms with Gasteiger partial charge in [0.25, 0.3) is 0 Å². The summed E-state index contributed by atoms with van der Waals surface area (Å²) in [7, 11) is 0. The summed E-state index contributed by atoms with van der Waals surface area (Å²) in [5.74, 6) is 0.612. The first-order valence-electron chi connectivity index (χ1n) is 7.21. The fourth-order valence-electron chi connectivity index (χ4n) is 1.74. The Morgan fingerprint density at radius 3 is 2.14 bits per heavy atom. The van der Waals surface area contributed by atoms with Crippen LogP contribution >= 0.6 is 23.5 Å². The molecule has 1 rings (SSSR count). The Bertz CT molecular complexity index is 499. The van der Waals surface area contributed by atoms with E-state index in [1.165, 1.54) is 0 Å². The molecule has 0 spiro atoms. The minimum Gasteiger partial charge on any atom is -0.545 e. The Morgan fingerprint density at radius 2 is 1.64 bits per heavy atom. The maximum absolute atomic E-state index is 11.2. The summed E-state index contributed by atoms with van der Waals surface area (Å²) in [6, 6.07) is 1.61. The van der Waals surface area contributed by atoms with Crippen LogP contribution in [-0.2, 0) is 0 Å². The van der Waals surface area contributed by atoms with Crippen LogP contribution in [0.15, 0.2) is 15.9 Å². The van der Waals surface area contributed by atoms with E-state index >= 15 is 0 Å². The third kappa shape index (κ3) is 6.24. The molecule has 0 aliphatic heterocycles. The molecule has 0 heterocycles. The summed E-state index contributed by atoms with van der Waals surface area (Å²) in [6.45, 7) is 4.26. The second kappa shape index (κ2) is 11.5. The number of hydrogen-bond acceptors (Lipinski definition) is 6. The molecule has 1 aromatic rings. The number of unbranched alkanes of at least 4 members (excludes halogenated alkanes) is 2. The summed E-state index contributed by atoms with van der Waals surface area (Å²) in [5.41, 5.74) is 12.4. The zero-order valence-corrected chi connectivity index (χ0v) is 17.2. The molecule has 4 N–H and O–H groups in total. The van der Waals surface area contributed by atoms with Gasteiger partial charge in [0.05, 0.1) is 17.3 Å². The molecule has 0 bridgehead atoms. The smallest absolute Gasteiger partial charge is 0.545 e. The quantitative estimate of drug-likeness (QED) is 0.282. The number of nitrogens with two attached hydrogens (primary N) is 2. The molecule has 0 aliphatic carbocycles. The SMILES string of the molecule is CCCCSc1cc(C(=O)[O-])c(N)c(N)c1SCCCC.[Na+]. The van der Waals surface area contributed by atoms with Gasteiger partial charge >= 0.3 is 29.6 Å². The third-order valence-corrected chi connectivity index (χ3v) is 5.52. The second-order valence-corrected chi connectivity index (χ2v) is 7.01. The van der Waals surface area contributed by atoms with E-state index in [-0.39, 0.29) is 40.8 Å². The van der Waals surface area contributed by atoms with Crippen molar-refractivity contribution >= 4 is 40.9 Å². The van der Waals surface area contributed by atoms with E-state index < -0.39 is 5.97 Å². The van der Waals surface area contributed by atoms with Crippen molar-refractivity contribution in [2.24, 2.45) is 0 Å². The first kappa shape index (κ1) is 22.0. The maximum atomic E-state index is 11.2. The summed E-state index contributed by atoms with van der Waals surface area (Å²) in [6.07, 6.45) is 4.38. The largest absolute Gasteiger partial charge is 1.00 e. The molecule has 0 fully saturated rings. The number of carbonyl (C=O) groups excluding carboxylic acids is 1. The van der Waals surface area contributed by atoms with Crippen LogP contribution in [0.4, 0.5) is 11.4 Å². The van der Waals surface area contributed by atoms with E-state index in [1.807, 2.05) is 0 Å². The van der Waals surface area contributed by atoms with E-state index in [4.69, 9.17) is 11.5 Å². The molecular weight excluding hydrogens is 327 g/mol. The normalized spacial score (nSPS) is 10.3. The molecule has 118 valence electrons. The molecule has 22 heavy (non-hydrogen) atoms. The predicted octanol–water partition coefficient (Wildman–Crippen LogP) is 0.00290. The summed E-state index contributed by atoms with van der Waals surface area (Å²) < 4.78 is 0. The Balaban J connectivity index is 0.00000441. The minimum atomic E-state index is -1.28. The molecule has 0 atom stereocenters. The number of carbonyl (C=O) groups is 1. The number of aromatic carboxylic acids is 1. The molecular formula is C15H23N2NaO2S2. The van der Waals surface area contributed by atoms with Gasteiger partial charge in [0.2, 0.25) is 0 Å². The van der Waals surface area contributed by atoms with Crippen LogP contribution in [0, 0.1) is 0 Å². The van der Waals surface area contributed by atoms with Crippen molar-refractivity contribution in [3.63, 3.8) is 0 Å². The maximum Gasteiger partial charge on any atom is 1.00 e. The Labute approximate surface area is 163 Å². The minimum absolute atomic E-state index is 0. The van der Waals surface area contributed by atoms with Gasteiger partial charge in [-0.2, -0.15) is 0 Å². The zero-order valence-electron chi connectivity index (χ0n) is 13.6. The summed E-state index contributed by atoms with van der Waals surface area (Å²) in [5, 5.41) is 11.2. The van der Waals surface area contributed by atoms with E-state index in [0.717, 1.165) is 47.0 Å². The van der Waals surface area contributed by atoms with Crippen molar-refractivity contribution in [3.8, 4) is 0 Å². The van der Waals surface area contributed by atoms with Crippen molar-refractivity contribution in [2.45, 2.75) is 49.3 Å². The Kier molecular flexibility index (Phi) is 11.5. The van der Waals surface area contributed by atoms with Gasteiger partial charge in [-0.05, 0) is 30.4 Å². The van der Waals surface area contributed by atoms with Crippen LogP contribution < -0.4 is 46.1 Å². The number of carboxylic acids is 1. The monoisotopic (exact) mass is 350 g/mol. The number of hydrogen-bond donors (Lipinski definition) is 2. The van der Waals surface area contributed by atoms with Gasteiger partial charge in [-0.15, -0.1) is 23.5 Å². The van der Waals surface area contributed by atoms with Crippen LogP contribution in [0.25, 0.3) is 0 Å². The summed E-state index contributed by atoms with van der Waals surface area (Å²) >= 11 is 3.29. The number of nitrogen functional groups attached to an aromatic ring is 2. The van der Waals surface area contributed by atoms with Gasteiger partial charge in [0.1, 0.15) is 0 Å². The predicted molar refractivity (Wildman–Crippen MR) is 90.9 cm³/mol. The molecule has 4 nitrogen and oxygen atoms in total. The molecule has 0 aromatic heterocycles. The second-order valence-electron chi connectivity index (χ2n) is 4.77. The average Bonchev–Trinajstić information content (AvgIpc) is 2.45. The number of anilines is 2. The summed E-state index contributed by atoms with van der Waals surface area (Å²) in [4.78, 5) is 13.0. The fraction of sp³-hybridized carbons (Fsp3) is 0.533. The van der Waals surface area contributed by atoms with Crippen molar-refractivity contribution in [1.29, 1.82) is 0 Å². The molecule has 0 aliphatic rings.